The van der Waals surface area contributed by atoms with Crippen LogP contribution in [0.25, 0.3) is 0 Å². The third kappa shape index (κ3) is 3.67. The number of benzene rings is 3. The van der Waals surface area contributed by atoms with Crippen molar-refractivity contribution in [2.24, 2.45) is 11.8 Å². The van der Waals surface area contributed by atoms with Gasteiger partial charge in [-0.1, -0.05) is 105 Å². The summed E-state index contributed by atoms with van der Waals surface area (Å²) in [5.74, 6) is 6.45. The third-order valence-electron chi connectivity index (χ3n) is 6.68. The quantitative estimate of drug-likeness (QED) is 0.582. The van der Waals surface area contributed by atoms with E-state index in [1.165, 1.54) is 11.1 Å². The molecule has 0 radical (unpaired) electrons. The molecule has 1 fully saturated rings. The molecule has 1 aliphatic rings. The lowest BCUT2D eigenvalue weighted by Crippen LogP contribution is -2.57. The normalized spacial score (nSPS) is 29.1. The molecule has 0 aliphatic carbocycles. The molecule has 3 aromatic carbocycles. The van der Waals surface area contributed by atoms with Crippen LogP contribution in [0.3, 0.4) is 0 Å². The van der Waals surface area contributed by atoms with Gasteiger partial charge in [0.15, 0.2) is 0 Å². The van der Waals surface area contributed by atoms with E-state index in [9.17, 15) is 5.11 Å². The van der Waals surface area contributed by atoms with Crippen LogP contribution in [0.4, 0.5) is 0 Å². The van der Waals surface area contributed by atoms with Gasteiger partial charge < -0.3 is 5.11 Å². The Morgan fingerprint density at radius 3 is 1.53 bits per heavy atom. The third-order valence-corrected chi connectivity index (χ3v) is 6.68. The van der Waals surface area contributed by atoms with Crippen LogP contribution >= 0.6 is 0 Å². The van der Waals surface area contributed by atoms with E-state index < -0.39 is 5.60 Å². The molecule has 2 nitrogen and oxygen atoms in total. The van der Waals surface area contributed by atoms with Crippen molar-refractivity contribution in [3.8, 4) is 11.8 Å². The number of piperidine rings is 1. The van der Waals surface area contributed by atoms with Gasteiger partial charge in [-0.25, -0.2) is 0 Å². The first-order chi connectivity index (χ1) is 14.5. The summed E-state index contributed by atoms with van der Waals surface area (Å²) in [5.41, 5.74) is 2.22. The lowest BCUT2D eigenvalue weighted by molar-refractivity contribution is -0.119. The zero-order chi connectivity index (χ0) is 21.1. The number of nitrogens with zero attached hydrogens (tertiary/aromatic N) is 1. The summed E-state index contributed by atoms with van der Waals surface area (Å²) < 4.78 is 0. The van der Waals surface area contributed by atoms with Crippen LogP contribution in [0.15, 0.2) is 91.0 Å². The second-order valence-electron chi connectivity index (χ2n) is 8.40. The Morgan fingerprint density at radius 2 is 1.10 bits per heavy atom. The predicted molar refractivity (Wildman–Crippen MR) is 123 cm³/mol. The van der Waals surface area contributed by atoms with Crippen molar-refractivity contribution in [3.05, 3.63) is 108 Å². The first kappa shape index (κ1) is 20.4. The number of hydrogen-bond acceptors (Lipinski definition) is 2. The van der Waals surface area contributed by atoms with E-state index in [1.807, 2.05) is 42.5 Å². The van der Waals surface area contributed by atoms with Gasteiger partial charge in [0.25, 0.3) is 0 Å². The van der Waals surface area contributed by atoms with Gasteiger partial charge in [-0.3, -0.25) is 4.90 Å². The highest BCUT2D eigenvalue weighted by Gasteiger charge is 2.53. The summed E-state index contributed by atoms with van der Waals surface area (Å²) >= 11 is 0. The van der Waals surface area contributed by atoms with Crippen LogP contribution in [0.2, 0.25) is 0 Å². The molecule has 3 aromatic rings. The molecule has 0 spiro atoms. The van der Waals surface area contributed by atoms with Crippen LogP contribution in [0.1, 0.15) is 42.6 Å². The van der Waals surface area contributed by atoms with E-state index in [0.717, 1.165) is 5.56 Å². The average molecular weight is 396 g/mol. The number of hydrogen-bond donors (Lipinski definition) is 1. The Kier molecular flexibility index (Phi) is 5.77. The fourth-order valence-corrected chi connectivity index (χ4v) is 5.04. The minimum absolute atomic E-state index is 0.0580. The zero-order valence-electron chi connectivity index (χ0n) is 17.9. The van der Waals surface area contributed by atoms with E-state index in [-0.39, 0.29) is 23.9 Å². The highest BCUT2D eigenvalue weighted by Crippen LogP contribution is 2.51. The monoisotopic (exact) mass is 395 g/mol. The van der Waals surface area contributed by atoms with Crippen molar-refractivity contribution < 1.29 is 5.11 Å². The lowest BCUT2D eigenvalue weighted by Gasteiger charge is -2.54. The largest absolute Gasteiger partial charge is 0.377 e. The maximum Gasteiger partial charge on any atom is 0.134 e. The minimum Gasteiger partial charge on any atom is -0.377 e. The van der Waals surface area contributed by atoms with E-state index in [2.05, 4.69) is 86.2 Å². The van der Waals surface area contributed by atoms with Crippen LogP contribution in [0, 0.1) is 23.7 Å². The fraction of sp³-hybridized carbons (Fsp3) is 0.286. The van der Waals surface area contributed by atoms with Crippen LogP contribution in [-0.2, 0) is 0 Å². The molecule has 1 heterocycles. The summed E-state index contributed by atoms with van der Waals surface area (Å²) in [4.78, 5) is 2.42. The van der Waals surface area contributed by atoms with Gasteiger partial charge in [0.05, 0.1) is 0 Å². The molecule has 4 rings (SSSR count). The Bertz CT molecular complexity index is 966. The maximum atomic E-state index is 12.1. The second-order valence-corrected chi connectivity index (χ2v) is 8.40. The summed E-state index contributed by atoms with van der Waals surface area (Å²) in [7, 11) is 2.17. The summed E-state index contributed by atoms with van der Waals surface area (Å²) in [6.07, 6.45) is 0. The van der Waals surface area contributed by atoms with E-state index in [0.29, 0.717) is 0 Å². The minimum atomic E-state index is -1.12. The van der Waals surface area contributed by atoms with Crippen molar-refractivity contribution in [2.45, 2.75) is 31.5 Å². The van der Waals surface area contributed by atoms with Crippen molar-refractivity contribution >= 4 is 0 Å². The van der Waals surface area contributed by atoms with Crippen LogP contribution in [-0.4, -0.2) is 22.7 Å². The Morgan fingerprint density at radius 1 is 0.700 bits per heavy atom. The zero-order valence-corrected chi connectivity index (χ0v) is 17.9. The standard InChI is InChI=1S/C28H29NO/c1-21-26(24-15-9-5-10-16-24)29(3)27(25-17-11-6-12-18-25)22(2)28(21,30)20-19-23-13-7-4-8-14-23/h4-18,21-22,26-27,30H,1-3H3/t21-,22+,26-,27-,28?/m1/s1. The van der Waals surface area contributed by atoms with Crippen LogP contribution in [0.5, 0.6) is 0 Å². The van der Waals surface area contributed by atoms with Crippen molar-refractivity contribution in [3.63, 3.8) is 0 Å². The number of likely N-dealkylation sites (tertiary alicyclic amines) is 1. The van der Waals surface area contributed by atoms with Crippen molar-refractivity contribution in [1.29, 1.82) is 0 Å². The smallest absolute Gasteiger partial charge is 0.134 e. The first-order valence-electron chi connectivity index (χ1n) is 10.6. The molecule has 2 heteroatoms. The van der Waals surface area contributed by atoms with Gasteiger partial charge in [0, 0.05) is 29.5 Å². The van der Waals surface area contributed by atoms with Gasteiger partial charge in [0.1, 0.15) is 5.60 Å². The van der Waals surface area contributed by atoms with Gasteiger partial charge in [-0.15, -0.1) is 0 Å². The predicted octanol–water partition coefficient (Wildman–Crippen LogP) is 5.47. The molecule has 30 heavy (non-hydrogen) atoms. The Hall–Kier alpha value is -2.86. The molecule has 1 unspecified atom stereocenters. The molecule has 0 amide bonds. The Labute approximate surface area is 180 Å². The molecular formula is C28H29NO. The molecule has 1 N–H and O–H groups in total. The second kappa shape index (κ2) is 8.48. The van der Waals surface area contributed by atoms with E-state index in [4.69, 9.17) is 0 Å². The molecular weight excluding hydrogens is 366 g/mol. The first-order valence-corrected chi connectivity index (χ1v) is 10.6. The fourth-order valence-electron chi connectivity index (χ4n) is 5.04. The molecule has 0 saturated carbocycles. The highest BCUT2D eigenvalue weighted by molar-refractivity contribution is 5.39. The summed E-state index contributed by atoms with van der Waals surface area (Å²) in [5, 5.41) is 12.1. The van der Waals surface area contributed by atoms with Crippen molar-refractivity contribution in [2.75, 3.05) is 7.05 Å². The molecule has 1 saturated heterocycles. The van der Waals surface area contributed by atoms with E-state index >= 15 is 0 Å². The van der Waals surface area contributed by atoms with Crippen molar-refractivity contribution in [1.82, 2.24) is 4.90 Å². The van der Waals surface area contributed by atoms with Crippen LogP contribution < -0.4 is 0 Å². The summed E-state index contributed by atoms with van der Waals surface area (Å²) in [6, 6.07) is 31.0. The molecule has 0 aromatic heterocycles. The Balaban J connectivity index is 1.83. The SMILES string of the molecule is C[C@@H]1[C@H](c2ccccc2)N(C)[C@@H](c2ccccc2)[C@H](C)C1(O)C#Cc1ccccc1. The van der Waals surface area contributed by atoms with Gasteiger partial charge in [-0.2, -0.15) is 0 Å². The van der Waals surface area contributed by atoms with Gasteiger partial charge in [-0.05, 0) is 30.3 Å². The van der Waals surface area contributed by atoms with E-state index in [1.54, 1.807) is 0 Å². The molecule has 1 aliphatic heterocycles. The average Bonchev–Trinajstić information content (AvgIpc) is 2.79. The molecule has 5 atom stereocenters. The maximum absolute atomic E-state index is 12.1. The summed E-state index contributed by atoms with van der Waals surface area (Å²) in [6.45, 7) is 4.26. The topological polar surface area (TPSA) is 23.5 Å². The highest BCUT2D eigenvalue weighted by atomic mass is 16.3. The lowest BCUT2D eigenvalue weighted by atomic mass is 9.65. The number of rotatable bonds is 2. The number of aliphatic hydroxyl groups is 1. The van der Waals surface area contributed by atoms with Gasteiger partial charge in [0.2, 0.25) is 0 Å². The molecule has 0 bridgehead atoms. The molecule has 152 valence electrons. The van der Waals surface area contributed by atoms with Gasteiger partial charge >= 0.3 is 0 Å².